The molecular formula is C19H14ClN5OS. The Labute approximate surface area is 164 Å². The number of benzene rings is 2. The van der Waals surface area contributed by atoms with Gasteiger partial charge in [0.25, 0.3) is 5.91 Å². The van der Waals surface area contributed by atoms with Gasteiger partial charge < -0.3 is 5.32 Å². The van der Waals surface area contributed by atoms with Crippen molar-refractivity contribution in [2.24, 2.45) is 0 Å². The van der Waals surface area contributed by atoms with Crippen molar-refractivity contribution in [3.8, 4) is 22.8 Å². The molecule has 0 aliphatic heterocycles. The molecule has 2 N–H and O–H groups in total. The smallest absolute Gasteiger partial charge is 0.275 e. The minimum Gasteiger partial charge on any atom is -0.321 e. The van der Waals surface area contributed by atoms with Gasteiger partial charge in [-0.05, 0) is 42.8 Å². The monoisotopic (exact) mass is 395 g/mol. The van der Waals surface area contributed by atoms with Crippen LogP contribution in [0, 0.1) is 6.92 Å². The third-order valence-corrected chi connectivity index (χ3v) is 5.07. The first-order chi connectivity index (χ1) is 13.1. The topological polar surface area (TPSA) is 83.6 Å². The number of carbonyl (C=O) groups is 1. The molecule has 0 saturated heterocycles. The van der Waals surface area contributed by atoms with Gasteiger partial charge in [0.05, 0.1) is 5.51 Å². The van der Waals surface area contributed by atoms with Gasteiger partial charge >= 0.3 is 0 Å². The highest BCUT2D eigenvalue weighted by atomic mass is 35.5. The Morgan fingerprint density at radius 3 is 2.74 bits per heavy atom. The lowest BCUT2D eigenvalue weighted by molar-refractivity contribution is 0.102. The Balaban J connectivity index is 1.54. The average Bonchev–Trinajstić information content (AvgIpc) is 3.36. The zero-order chi connectivity index (χ0) is 18.8. The Hall–Kier alpha value is -3.03. The van der Waals surface area contributed by atoms with Crippen molar-refractivity contribution in [3.05, 3.63) is 69.6 Å². The molecule has 8 heteroatoms. The Bertz CT molecular complexity index is 1090. The second-order valence-corrected chi connectivity index (χ2v) is 6.95. The van der Waals surface area contributed by atoms with Gasteiger partial charge in [-0.25, -0.2) is 9.97 Å². The van der Waals surface area contributed by atoms with E-state index in [2.05, 4.69) is 25.5 Å². The number of aromatic nitrogens is 4. The third kappa shape index (κ3) is 3.60. The van der Waals surface area contributed by atoms with Crippen LogP contribution in [0.1, 0.15) is 16.1 Å². The van der Waals surface area contributed by atoms with E-state index in [0.717, 1.165) is 16.7 Å². The fraction of sp³-hybridized carbons (Fsp3) is 0.0526. The lowest BCUT2D eigenvalue weighted by Gasteiger charge is -2.04. The molecule has 0 unspecified atom stereocenters. The summed E-state index contributed by atoms with van der Waals surface area (Å²) < 4.78 is 0. The van der Waals surface area contributed by atoms with Crippen LogP contribution in [0.2, 0.25) is 5.02 Å². The molecule has 2 aromatic carbocycles. The SMILES string of the molecule is Cc1c(Cl)cccc1-c1nc(-c2ccc(NC(=O)c3cscn3)cc2)n[nH]1. The summed E-state index contributed by atoms with van der Waals surface area (Å²) in [5, 5.41) is 12.4. The van der Waals surface area contributed by atoms with Crippen molar-refractivity contribution >= 4 is 34.5 Å². The van der Waals surface area contributed by atoms with Crippen molar-refractivity contribution in [1.29, 1.82) is 0 Å². The number of carbonyl (C=O) groups excluding carboxylic acids is 1. The number of nitrogens with one attached hydrogen (secondary N) is 2. The van der Waals surface area contributed by atoms with Crippen LogP contribution in [-0.2, 0) is 0 Å². The van der Waals surface area contributed by atoms with Crippen LogP contribution in [0.15, 0.2) is 53.4 Å². The summed E-state index contributed by atoms with van der Waals surface area (Å²) in [5.41, 5.74) is 5.40. The van der Waals surface area contributed by atoms with Crippen LogP contribution in [0.3, 0.4) is 0 Å². The summed E-state index contributed by atoms with van der Waals surface area (Å²) in [6, 6.07) is 13.0. The van der Waals surface area contributed by atoms with Crippen molar-refractivity contribution in [2.45, 2.75) is 6.92 Å². The molecular weight excluding hydrogens is 382 g/mol. The van der Waals surface area contributed by atoms with Crippen molar-refractivity contribution < 1.29 is 4.79 Å². The van der Waals surface area contributed by atoms with Crippen LogP contribution in [0.5, 0.6) is 0 Å². The van der Waals surface area contributed by atoms with Gasteiger partial charge in [-0.1, -0.05) is 23.7 Å². The summed E-state index contributed by atoms with van der Waals surface area (Å²) in [6.07, 6.45) is 0. The number of aromatic amines is 1. The second kappa shape index (κ2) is 7.30. The van der Waals surface area contributed by atoms with Crippen LogP contribution in [0.4, 0.5) is 5.69 Å². The Kier molecular flexibility index (Phi) is 4.70. The average molecular weight is 396 g/mol. The van der Waals surface area contributed by atoms with Gasteiger partial charge in [-0.2, -0.15) is 5.10 Å². The number of rotatable bonds is 4. The van der Waals surface area contributed by atoms with E-state index in [1.165, 1.54) is 11.3 Å². The van der Waals surface area contributed by atoms with E-state index < -0.39 is 0 Å². The zero-order valence-corrected chi connectivity index (χ0v) is 15.8. The van der Waals surface area contributed by atoms with Crippen molar-refractivity contribution in [1.82, 2.24) is 20.2 Å². The number of nitrogens with zero attached hydrogens (tertiary/aromatic N) is 3. The Morgan fingerprint density at radius 1 is 1.19 bits per heavy atom. The van der Waals surface area contributed by atoms with Crippen molar-refractivity contribution in [2.75, 3.05) is 5.32 Å². The summed E-state index contributed by atoms with van der Waals surface area (Å²) in [6.45, 7) is 1.94. The van der Waals surface area contributed by atoms with Gasteiger partial charge in [0.2, 0.25) is 0 Å². The summed E-state index contributed by atoms with van der Waals surface area (Å²) in [7, 11) is 0. The maximum Gasteiger partial charge on any atom is 0.275 e. The largest absolute Gasteiger partial charge is 0.321 e. The normalized spacial score (nSPS) is 10.7. The van der Waals surface area contributed by atoms with Gasteiger partial charge in [0.15, 0.2) is 11.6 Å². The molecule has 0 bridgehead atoms. The van der Waals surface area contributed by atoms with Gasteiger partial charge in [0, 0.05) is 27.2 Å². The van der Waals surface area contributed by atoms with E-state index in [-0.39, 0.29) is 5.91 Å². The van der Waals surface area contributed by atoms with Crippen LogP contribution >= 0.6 is 22.9 Å². The first kappa shape index (κ1) is 17.4. The molecule has 0 atom stereocenters. The molecule has 27 heavy (non-hydrogen) atoms. The molecule has 0 fully saturated rings. The van der Waals surface area contributed by atoms with E-state index in [9.17, 15) is 4.79 Å². The van der Waals surface area contributed by atoms with Gasteiger partial charge in [-0.15, -0.1) is 11.3 Å². The standard InChI is InChI=1S/C19H14ClN5OS/c1-11-14(3-2-4-15(11)20)18-23-17(24-25-18)12-5-7-13(8-6-12)22-19(26)16-9-27-10-21-16/h2-10H,1H3,(H,22,26)(H,23,24,25). The maximum atomic E-state index is 12.0. The van der Waals surface area contributed by atoms with E-state index >= 15 is 0 Å². The number of hydrogen-bond acceptors (Lipinski definition) is 5. The minimum atomic E-state index is -0.236. The predicted molar refractivity (Wildman–Crippen MR) is 107 cm³/mol. The quantitative estimate of drug-likeness (QED) is 0.519. The molecule has 0 saturated carbocycles. The molecule has 0 aliphatic carbocycles. The summed E-state index contributed by atoms with van der Waals surface area (Å²) in [4.78, 5) is 20.6. The molecule has 0 radical (unpaired) electrons. The van der Waals surface area contributed by atoms with E-state index in [4.69, 9.17) is 11.6 Å². The number of amides is 1. The number of thiazole rings is 1. The molecule has 2 aromatic heterocycles. The van der Waals surface area contributed by atoms with E-state index in [1.54, 1.807) is 23.0 Å². The number of anilines is 1. The molecule has 2 heterocycles. The number of H-pyrrole nitrogens is 1. The highest BCUT2D eigenvalue weighted by Crippen LogP contribution is 2.27. The minimum absolute atomic E-state index is 0.236. The van der Waals surface area contributed by atoms with Crippen LogP contribution in [-0.4, -0.2) is 26.1 Å². The molecule has 1 amide bonds. The fourth-order valence-electron chi connectivity index (χ4n) is 2.60. The maximum absolute atomic E-state index is 12.0. The summed E-state index contributed by atoms with van der Waals surface area (Å²) in [5.74, 6) is 0.994. The van der Waals surface area contributed by atoms with Gasteiger partial charge in [-0.3, -0.25) is 9.89 Å². The van der Waals surface area contributed by atoms with E-state index in [0.29, 0.717) is 28.1 Å². The lowest BCUT2D eigenvalue weighted by Crippen LogP contribution is -2.11. The first-order valence-corrected chi connectivity index (χ1v) is 9.42. The van der Waals surface area contributed by atoms with E-state index in [1.807, 2.05) is 37.3 Å². The third-order valence-electron chi connectivity index (χ3n) is 4.07. The van der Waals surface area contributed by atoms with Crippen molar-refractivity contribution in [3.63, 3.8) is 0 Å². The number of hydrogen-bond donors (Lipinski definition) is 2. The fourth-order valence-corrected chi connectivity index (χ4v) is 3.30. The molecule has 134 valence electrons. The second-order valence-electron chi connectivity index (χ2n) is 5.83. The van der Waals surface area contributed by atoms with Gasteiger partial charge in [0.1, 0.15) is 5.69 Å². The predicted octanol–water partition coefficient (Wildman–Crippen LogP) is 4.81. The highest BCUT2D eigenvalue weighted by molar-refractivity contribution is 7.07. The molecule has 0 aliphatic rings. The molecule has 4 aromatic rings. The lowest BCUT2D eigenvalue weighted by atomic mass is 10.1. The summed E-state index contributed by atoms with van der Waals surface area (Å²) >= 11 is 7.56. The Morgan fingerprint density at radius 2 is 2.00 bits per heavy atom. The number of halogens is 1. The highest BCUT2D eigenvalue weighted by Gasteiger charge is 2.12. The first-order valence-electron chi connectivity index (χ1n) is 8.09. The molecule has 0 spiro atoms. The van der Waals surface area contributed by atoms with Crippen LogP contribution in [0.25, 0.3) is 22.8 Å². The zero-order valence-electron chi connectivity index (χ0n) is 14.2. The molecule has 6 nitrogen and oxygen atoms in total. The molecule has 4 rings (SSSR count). The van der Waals surface area contributed by atoms with Crippen LogP contribution < -0.4 is 5.32 Å².